The summed E-state index contributed by atoms with van der Waals surface area (Å²) in [5, 5.41) is 3.54. The van der Waals surface area contributed by atoms with Crippen LogP contribution in [0.5, 0.6) is 0 Å². The van der Waals surface area contributed by atoms with Gasteiger partial charge in [0, 0.05) is 24.0 Å². The molecule has 0 spiro atoms. The lowest BCUT2D eigenvalue weighted by molar-refractivity contribution is 0.103. The highest BCUT2D eigenvalue weighted by Crippen LogP contribution is 2.29. The second-order valence-corrected chi connectivity index (χ2v) is 6.55. The average molecular weight is 309 g/mol. The molecule has 1 aromatic heterocycles. The van der Waals surface area contributed by atoms with Crippen molar-refractivity contribution in [3.63, 3.8) is 0 Å². The Balaban J connectivity index is 2.29. The topological polar surface area (TPSA) is 32.3 Å². The number of hydrogen-bond donors (Lipinski definition) is 1. The normalized spacial score (nSPS) is 10.4. The van der Waals surface area contributed by atoms with E-state index in [1.165, 1.54) is 11.3 Å². The molecule has 106 valence electrons. The third-order valence-electron chi connectivity index (χ3n) is 3.08. The predicted molar refractivity (Wildman–Crippen MR) is 87.5 cm³/mol. The van der Waals surface area contributed by atoms with Gasteiger partial charge in [0.2, 0.25) is 0 Å². The summed E-state index contributed by atoms with van der Waals surface area (Å²) in [6, 6.07) is 7.38. The van der Waals surface area contributed by atoms with Gasteiger partial charge in [0.15, 0.2) is 0 Å². The highest BCUT2D eigenvalue weighted by molar-refractivity contribution is 7.14. The van der Waals surface area contributed by atoms with Crippen molar-refractivity contribution in [2.24, 2.45) is 0 Å². The summed E-state index contributed by atoms with van der Waals surface area (Å²) in [4.78, 5) is 16.1. The minimum Gasteiger partial charge on any atom is -0.376 e. The van der Waals surface area contributed by atoms with Gasteiger partial charge in [-0.25, -0.2) is 0 Å². The highest BCUT2D eigenvalue weighted by Gasteiger charge is 2.13. The second kappa shape index (κ2) is 5.85. The molecule has 0 radical (unpaired) electrons. The zero-order valence-electron chi connectivity index (χ0n) is 12.0. The first kappa shape index (κ1) is 14.9. The van der Waals surface area contributed by atoms with Crippen LogP contribution in [0, 0.1) is 13.8 Å². The van der Waals surface area contributed by atoms with E-state index in [1.807, 2.05) is 51.0 Å². The maximum absolute atomic E-state index is 12.3. The lowest BCUT2D eigenvalue weighted by atomic mass is 10.2. The molecule has 20 heavy (non-hydrogen) atoms. The fraction of sp³-hybridized carbons (Fsp3) is 0.267. The van der Waals surface area contributed by atoms with Crippen molar-refractivity contribution >= 4 is 40.2 Å². The number of rotatable bonds is 3. The molecule has 0 unspecified atom stereocenters. The maximum Gasteiger partial charge on any atom is 0.265 e. The van der Waals surface area contributed by atoms with Gasteiger partial charge in [-0.1, -0.05) is 11.6 Å². The molecular weight excluding hydrogens is 292 g/mol. The SMILES string of the molecule is Cc1cc(C(=O)Nc2cc(Cl)ccc2N(C)C)sc1C. The number of carbonyl (C=O) groups is 1. The molecule has 5 heteroatoms. The van der Waals surface area contributed by atoms with Gasteiger partial charge in [-0.15, -0.1) is 11.3 Å². The van der Waals surface area contributed by atoms with Gasteiger partial charge in [-0.05, 0) is 43.7 Å². The Bertz CT molecular complexity index is 630. The number of anilines is 2. The molecule has 0 bridgehead atoms. The maximum atomic E-state index is 12.3. The molecule has 1 amide bonds. The second-order valence-electron chi connectivity index (χ2n) is 4.86. The van der Waals surface area contributed by atoms with Crippen molar-refractivity contribution < 1.29 is 4.79 Å². The van der Waals surface area contributed by atoms with E-state index in [0.717, 1.165) is 21.8 Å². The number of carbonyl (C=O) groups excluding carboxylic acids is 1. The quantitative estimate of drug-likeness (QED) is 0.915. The smallest absolute Gasteiger partial charge is 0.265 e. The van der Waals surface area contributed by atoms with Crippen LogP contribution in [0.2, 0.25) is 5.02 Å². The van der Waals surface area contributed by atoms with Crippen LogP contribution in [0.15, 0.2) is 24.3 Å². The molecule has 0 aliphatic heterocycles. The van der Waals surface area contributed by atoms with Crippen molar-refractivity contribution in [1.29, 1.82) is 0 Å². The number of benzene rings is 1. The lowest BCUT2D eigenvalue weighted by Crippen LogP contribution is -2.16. The molecule has 2 rings (SSSR count). The summed E-state index contributed by atoms with van der Waals surface area (Å²) in [7, 11) is 3.86. The van der Waals surface area contributed by atoms with Gasteiger partial charge in [-0.2, -0.15) is 0 Å². The first-order valence-electron chi connectivity index (χ1n) is 6.23. The van der Waals surface area contributed by atoms with E-state index in [0.29, 0.717) is 9.90 Å². The summed E-state index contributed by atoms with van der Waals surface area (Å²) < 4.78 is 0. The fourth-order valence-electron chi connectivity index (χ4n) is 1.87. The minimum atomic E-state index is -0.100. The van der Waals surface area contributed by atoms with Gasteiger partial charge < -0.3 is 10.2 Å². The highest BCUT2D eigenvalue weighted by atomic mass is 35.5. The molecule has 0 fully saturated rings. The van der Waals surface area contributed by atoms with E-state index >= 15 is 0 Å². The Morgan fingerprint density at radius 1 is 1.25 bits per heavy atom. The van der Waals surface area contributed by atoms with E-state index in [4.69, 9.17) is 11.6 Å². The van der Waals surface area contributed by atoms with E-state index in [9.17, 15) is 4.79 Å². The van der Waals surface area contributed by atoms with Crippen LogP contribution in [0.3, 0.4) is 0 Å². The first-order chi connectivity index (χ1) is 9.38. The van der Waals surface area contributed by atoms with Gasteiger partial charge in [-0.3, -0.25) is 4.79 Å². The van der Waals surface area contributed by atoms with Gasteiger partial charge in [0.25, 0.3) is 5.91 Å². The van der Waals surface area contributed by atoms with Crippen LogP contribution in [-0.2, 0) is 0 Å². The Kier molecular flexibility index (Phi) is 4.35. The Labute approximate surface area is 128 Å². The number of aryl methyl sites for hydroxylation is 2. The standard InChI is InChI=1S/C15H17ClN2OS/c1-9-7-14(20-10(9)2)15(19)17-12-8-11(16)5-6-13(12)18(3)4/h5-8H,1-4H3,(H,17,19). The summed E-state index contributed by atoms with van der Waals surface area (Å²) in [5.41, 5.74) is 2.78. The largest absolute Gasteiger partial charge is 0.376 e. The number of amides is 1. The van der Waals surface area contributed by atoms with Crippen LogP contribution in [-0.4, -0.2) is 20.0 Å². The molecule has 3 nitrogen and oxygen atoms in total. The number of nitrogens with zero attached hydrogens (tertiary/aromatic N) is 1. The zero-order valence-corrected chi connectivity index (χ0v) is 13.5. The third-order valence-corrected chi connectivity index (χ3v) is 4.46. The molecule has 1 N–H and O–H groups in total. The molecule has 0 saturated carbocycles. The van der Waals surface area contributed by atoms with Gasteiger partial charge >= 0.3 is 0 Å². The van der Waals surface area contributed by atoms with Crippen LogP contribution in [0.25, 0.3) is 0 Å². The van der Waals surface area contributed by atoms with Crippen molar-refractivity contribution in [1.82, 2.24) is 0 Å². The first-order valence-corrected chi connectivity index (χ1v) is 7.43. The van der Waals surface area contributed by atoms with Crippen LogP contribution >= 0.6 is 22.9 Å². The van der Waals surface area contributed by atoms with Gasteiger partial charge in [0.1, 0.15) is 0 Å². The molecule has 0 saturated heterocycles. The number of halogens is 1. The predicted octanol–water partition coefficient (Wildman–Crippen LogP) is 4.34. The summed E-state index contributed by atoms with van der Waals surface area (Å²) >= 11 is 7.51. The molecular formula is C15H17ClN2OS. The number of nitrogens with one attached hydrogen (secondary N) is 1. The van der Waals surface area contributed by atoms with E-state index in [1.54, 1.807) is 6.07 Å². The summed E-state index contributed by atoms with van der Waals surface area (Å²) in [5.74, 6) is -0.100. The van der Waals surface area contributed by atoms with E-state index in [-0.39, 0.29) is 5.91 Å². The van der Waals surface area contributed by atoms with Crippen molar-refractivity contribution in [2.75, 3.05) is 24.3 Å². The van der Waals surface area contributed by atoms with Crippen molar-refractivity contribution in [2.45, 2.75) is 13.8 Å². The van der Waals surface area contributed by atoms with Crippen LogP contribution < -0.4 is 10.2 Å². The molecule has 1 aromatic carbocycles. The molecule has 0 atom stereocenters. The average Bonchev–Trinajstić information content (AvgIpc) is 2.69. The Hall–Kier alpha value is -1.52. The van der Waals surface area contributed by atoms with Crippen LogP contribution in [0.4, 0.5) is 11.4 Å². The zero-order chi connectivity index (χ0) is 14.9. The fourth-order valence-corrected chi connectivity index (χ4v) is 2.97. The Morgan fingerprint density at radius 2 is 1.95 bits per heavy atom. The third kappa shape index (κ3) is 3.14. The number of thiophene rings is 1. The minimum absolute atomic E-state index is 0.100. The van der Waals surface area contributed by atoms with Crippen LogP contribution in [0.1, 0.15) is 20.1 Å². The van der Waals surface area contributed by atoms with Crippen molar-refractivity contribution in [3.05, 3.63) is 44.6 Å². The summed E-state index contributed by atoms with van der Waals surface area (Å²) in [6.07, 6.45) is 0. The van der Waals surface area contributed by atoms with Crippen molar-refractivity contribution in [3.8, 4) is 0 Å². The van der Waals surface area contributed by atoms with E-state index in [2.05, 4.69) is 5.32 Å². The monoisotopic (exact) mass is 308 g/mol. The molecule has 2 aromatic rings. The Morgan fingerprint density at radius 3 is 2.50 bits per heavy atom. The van der Waals surface area contributed by atoms with Gasteiger partial charge in [0.05, 0.1) is 16.3 Å². The number of hydrogen-bond acceptors (Lipinski definition) is 3. The summed E-state index contributed by atoms with van der Waals surface area (Å²) in [6.45, 7) is 4.02. The molecule has 0 aliphatic carbocycles. The molecule has 0 aliphatic rings. The van der Waals surface area contributed by atoms with E-state index < -0.39 is 0 Å². The lowest BCUT2D eigenvalue weighted by Gasteiger charge is -2.18. The molecule has 1 heterocycles.